The lowest BCUT2D eigenvalue weighted by Gasteiger charge is -2.01. The standard InChI is InChI=1S/C11H11NO3/c13-10(6-7-11(14)15)12-8-9-4-2-1-3-5-9/h1-7H,8H2,(H,12,13)(H,14,15)/b7-6+. The molecule has 78 valence electrons. The topological polar surface area (TPSA) is 66.4 Å². The van der Waals surface area contributed by atoms with Gasteiger partial charge < -0.3 is 10.4 Å². The normalized spacial score (nSPS) is 10.1. The first kappa shape index (κ1) is 11.0. The first-order chi connectivity index (χ1) is 7.18. The van der Waals surface area contributed by atoms with Crippen LogP contribution in [-0.4, -0.2) is 17.0 Å². The number of benzene rings is 1. The molecular formula is C11H11NO3. The summed E-state index contributed by atoms with van der Waals surface area (Å²) in [4.78, 5) is 21.2. The van der Waals surface area contributed by atoms with Crippen molar-refractivity contribution in [3.63, 3.8) is 0 Å². The number of amides is 1. The highest BCUT2D eigenvalue weighted by atomic mass is 16.4. The minimum atomic E-state index is -1.13. The van der Waals surface area contributed by atoms with E-state index >= 15 is 0 Å². The maximum Gasteiger partial charge on any atom is 0.328 e. The molecule has 1 aromatic rings. The van der Waals surface area contributed by atoms with Crippen molar-refractivity contribution in [3.05, 3.63) is 48.0 Å². The Balaban J connectivity index is 2.38. The van der Waals surface area contributed by atoms with Crippen molar-refractivity contribution in [3.8, 4) is 0 Å². The zero-order valence-corrected chi connectivity index (χ0v) is 8.01. The molecule has 0 heterocycles. The predicted octanol–water partition coefficient (Wildman–Crippen LogP) is 0.944. The Labute approximate surface area is 87.2 Å². The quantitative estimate of drug-likeness (QED) is 0.719. The molecule has 1 amide bonds. The minimum Gasteiger partial charge on any atom is -0.478 e. The maximum absolute atomic E-state index is 11.1. The van der Waals surface area contributed by atoms with Gasteiger partial charge in [-0.15, -0.1) is 0 Å². The summed E-state index contributed by atoms with van der Waals surface area (Å²) >= 11 is 0. The molecule has 0 fully saturated rings. The van der Waals surface area contributed by atoms with Crippen LogP contribution in [0.15, 0.2) is 42.5 Å². The molecule has 0 radical (unpaired) electrons. The summed E-state index contributed by atoms with van der Waals surface area (Å²) < 4.78 is 0. The van der Waals surface area contributed by atoms with Crippen molar-refractivity contribution in [2.75, 3.05) is 0 Å². The van der Waals surface area contributed by atoms with Gasteiger partial charge in [0.15, 0.2) is 0 Å². The number of carboxylic acids is 1. The van der Waals surface area contributed by atoms with Crippen LogP contribution < -0.4 is 5.32 Å². The second kappa shape index (κ2) is 5.59. The van der Waals surface area contributed by atoms with E-state index in [1.165, 1.54) is 0 Å². The molecule has 0 aliphatic heterocycles. The number of carboxylic acid groups (broad SMARTS) is 1. The molecule has 0 saturated carbocycles. The molecule has 15 heavy (non-hydrogen) atoms. The van der Waals surface area contributed by atoms with Gasteiger partial charge in [0.25, 0.3) is 0 Å². The van der Waals surface area contributed by atoms with Crippen molar-refractivity contribution in [2.24, 2.45) is 0 Å². The van der Waals surface area contributed by atoms with Crippen molar-refractivity contribution in [2.45, 2.75) is 6.54 Å². The number of rotatable bonds is 4. The van der Waals surface area contributed by atoms with E-state index in [0.29, 0.717) is 6.54 Å². The molecule has 0 bridgehead atoms. The molecule has 0 spiro atoms. The van der Waals surface area contributed by atoms with E-state index in [-0.39, 0.29) is 0 Å². The number of hydrogen-bond donors (Lipinski definition) is 2. The number of carbonyl (C=O) groups is 2. The lowest BCUT2D eigenvalue weighted by Crippen LogP contribution is -2.20. The Hall–Kier alpha value is -2.10. The first-order valence-electron chi connectivity index (χ1n) is 4.41. The smallest absolute Gasteiger partial charge is 0.328 e. The van der Waals surface area contributed by atoms with Gasteiger partial charge in [0.2, 0.25) is 5.91 Å². The van der Waals surface area contributed by atoms with Crippen LogP contribution in [0.3, 0.4) is 0 Å². The van der Waals surface area contributed by atoms with Gasteiger partial charge in [-0.1, -0.05) is 30.3 Å². The molecule has 4 heteroatoms. The highest BCUT2D eigenvalue weighted by Gasteiger charge is 1.96. The first-order valence-corrected chi connectivity index (χ1v) is 4.41. The summed E-state index contributed by atoms with van der Waals surface area (Å²) in [5, 5.41) is 10.8. The average molecular weight is 205 g/mol. The fourth-order valence-corrected chi connectivity index (χ4v) is 0.991. The van der Waals surface area contributed by atoms with Gasteiger partial charge in [0.1, 0.15) is 0 Å². The molecule has 0 atom stereocenters. The molecule has 1 aromatic carbocycles. The van der Waals surface area contributed by atoms with E-state index in [9.17, 15) is 9.59 Å². The average Bonchev–Trinajstić information content (AvgIpc) is 2.25. The third kappa shape index (κ3) is 4.61. The van der Waals surface area contributed by atoms with E-state index in [1.807, 2.05) is 30.3 Å². The molecule has 4 nitrogen and oxygen atoms in total. The second-order valence-electron chi connectivity index (χ2n) is 2.87. The van der Waals surface area contributed by atoms with E-state index < -0.39 is 11.9 Å². The molecule has 0 aromatic heterocycles. The van der Waals surface area contributed by atoms with E-state index in [4.69, 9.17) is 5.11 Å². The molecule has 0 saturated heterocycles. The zero-order valence-electron chi connectivity index (χ0n) is 8.01. The predicted molar refractivity (Wildman–Crippen MR) is 55.1 cm³/mol. The Morgan fingerprint density at radius 1 is 1.20 bits per heavy atom. The lowest BCUT2D eigenvalue weighted by atomic mass is 10.2. The fourth-order valence-electron chi connectivity index (χ4n) is 0.991. The maximum atomic E-state index is 11.1. The molecule has 2 N–H and O–H groups in total. The van der Waals surface area contributed by atoms with Crippen LogP contribution >= 0.6 is 0 Å². The van der Waals surface area contributed by atoms with Crippen LogP contribution in [0.25, 0.3) is 0 Å². The van der Waals surface area contributed by atoms with Gasteiger partial charge >= 0.3 is 5.97 Å². The third-order valence-electron chi connectivity index (χ3n) is 1.69. The van der Waals surface area contributed by atoms with Gasteiger partial charge in [-0.05, 0) is 5.56 Å². The van der Waals surface area contributed by atoms with Crippen molar-refractivity contribution in [1.29, 1.82) is 0 Å². The second-order valence-corrected chi connectivity index (χ2v) is 2.87. The summed E-state index contributed by atoms with van der Waals surface area (Å²) in [5.74, 6) is -1.55. The van der Waals surface area contributed by atoms with Gasteiger partial charge in [-0.3, -0.25) is 4.79 Å². The summed E-state index contributed by atoms with van der Waals surface area (Å²) in [7, 11) is 0. The number of carbonyl (C=O) groups excluding carboxylic acids is 1. The molecule has 0 aliphatic carbocycles. The molecule has 1 rings (SSSR count). The summed E-state index contributed by atoms with van der Waals surface area (Å²) in [5.41, 5.74) is 0.967. The van der Waals surface area contributed by atoms with Crippen LogP contribution in [0.4, 0.5) is 0 Å². The minimum absolute atomic E-state index is 0.392. The summed E-state index contributed by atoms with van der Waals surface area (Å²) in [6, 6.07) is 9.38. The Bertz CT molecular complexity index is 371. The van der Waals surface area contributed by atoms with E-state index in [1.54, 1.807) is 0 Å². The monoisotopic (exact) mass is 205 g/mol. The number of nitrogens with one attached hydrogen (secondary N) is 1. The van der Waals surface area contributed by atoms with Crippen LogP contribution in [0.2, 0.25) is 0 Å². The number of hydrogen-bond acceptors (Lipinski definition) is 2. The Morgan fingerprint density at radius 2 is 1.87 bits per heavy atom. The van der Waals surface area contributed by atoms with Crippen LogP contribution in [0.1, 0.15) is 5.56 Å². The fraction of sp³-hybridized carbons (Fsp3) is 0.0909. The lowest BCUT2D eigenvalue weighted by molar-refractivity contribution is -0.131. The zero-order chi connectivity index (χ0) is 11.1. The van der Waals surface area contributed by atoms with Crippen molar-refractivity contribution >= 4 is 11.9 Å². The summed E-state index contributed by atoms with van der Waals surface area (Å²) in [6.45, 7) is 0.392. The highest BCUT2D eigenvalue weighted by molar-refractivity contribution is 5.93. The van der Waals surface area contributed by atoms with Gasteiger partial charge in [-0.25, -0.2) is 4.79 Å². The van der Waals surface area contributed by atoms with E-state index in [0.717, 1.165) is 17.7 Å². The Kier molecular flexibility index (Phi) is 4.09. The SMILES string of the molecule is O=C(O)/C=C/C(=O)NCc1ccccc1. The van der Waals surface area contributed by atoms with Crippen molar-refractivity contribution in [1.82, 2.24) is 5.32 Å². The summed E-state index contributed by atoms with van der Waals surface area (Å²) in [6.07, 6.45) is 1.80. The Morgan fingerprint density at radius 3 is 2.47 bits per heavy atom. The van der Waals surface area contributed by atoms with Crippen LogP contribution in [-0.2, 0) is 16.1 Å². The van der Waals surface area contributed by atoms with Gasteiger partial charge in [0.05, 0.1) is 0 Å². The van der Waals surface area contributed by atoms with E-state index in [2.05, 4.69) is 5.32 Å². The number of aliphatic carboxylic acids is 1. The molecule has 0 unspecified atom stereocenters. The highest BCUT2D eigenvalue weighted by Crippen LogP contribution is 1.96. The van der Waals surface area contributed by atoms with Crippen LogP contribution in [0.5, 0.6) is 0 Å². The molecule has 0 aliphatic rings. The molecular weight excluding hydrogens is 194 g/mol. The largest absolute Gasteiger partial charge is 0.478 e. The van der Waals surface area contributed by atoms with Crippen molar-refractivity contribution < 1.29 is 14.7 Å². The van der Waals surface area contributed by atoms with Gasteiger partial charge in [-0.2, -0.15) is 0 Å². The van der Waals surface area contributed by atoms with Crippen LogP contribution in [0, 0.1) is 0 Å². The van der Waals surface area contributed by atoms with Gasteiger partial charge in [0, 0.05) is 18.7 Å². The third-order valence-corrected chi connectivity index (χ3v) is 1.69.